The summed E-state index contributed by atoms with van der Waals surface area (Å²) in [7, 11) is 1.68. The number of fused-ring (bicyclic) bond motifs is 2. The molecule has 2 fully saturated rings. The summed E-state index contributed by atoms with van der Waals surface area (Å²) in [6, 6.07) is 9.98. The number of nitrogens with zero attached hydrogens (tertiary/aromatic N) is 2. The molecule has 17 nitrogen and oxygen atoms in total. The number of likely N-dealkylation sites (tertiary alicyclic amines) is 2. The van der Waals surface area contributed by atoms with Gasteiger partial charge in [-0.2, -0.15) is 0 Å². The first-order chi connectivity index (χ1) is 34.0. The van der Waals surface area contributed by atoms with Crippen molar-refractivity contribution in [3.8, 4) is 0 Å². The van der Waals surface area contributed by atoms with Crippen molar-refractivity contribution < 1.29 is 38.4 Å². The van der Waals surface area contributed by atoms with Gasteiger partial charge < -0.3 is 47.0 Å². The van der Waals surface area contributed by atoms with Crippen LogP contribution in [0.1, 0.15) is 154 Å². The third kappa shape index (κ3) is 14.8. The fraction of sp³-hybridized carbons (Fsp3) is 0.636. The van der Waals surface area contributed by atoms with Crippen LogP contribution in [0.15, 0.2) is 48.5 Å². The lowest BCUT2D eigenvalue weighted by atomic mass is 9.85. The molecule has 0 aromatic heterocycles. The lowest BCUT2D eigenvalue weighted by Gasteiger charge is -2.36. The summed E-state index contributed by atoms with van der Waals surface area (Å²) in [5, 5.41) is 21.5. The number of carbonyl (C=O) groups excluding carboxylic acids is 8. The van der Waals surface area contributed by atoms with E-state index in [4.69, 9.17) is 0 Å². The normalized spacial score (nSPS) is 22.6. The number of benzene rings is 2. The molecule has 19 heteroatoms. The summed E-state index contributed by atoms with van der Waals surface area (Å²) in [4.78, 5) is 113. The molecule has 2 heterocycles. The molecule has 0 bridgehead atoms. The van der Waals surface area contributed by atoms with Gasteiger partial charge in [-0.25, -0.2) is 0 Å². The van der Waals surface area contributed by atoms with Crippen molar-refractivity contribution in [1.29, 1.82) is 0 Å². The van der Waals surface area contributed by atoms with Crippen LogP contribution in [0.25, 0.3) is 0 Å². The van der Waals surface area contributed by atoms with Gasteiger partial charge in [-0.1, -0.05) is 104 Å². The van der Waals surface area contributed by atoms with Crippen molar-refractivity contribution in [2.75, 3.05) is 20.1 Å². The largest absolute Gasteiger partial charge is 0.351 e. The van der Waals surface area contributed by atoms with Crippen molar-refractivity contribution in [2.45, 2.75) is 187 Å². The van der Waals surface area contributed by atoms with Crippen LogP contribution in [0.3, 0.4) is 0 Å². The van der Waals surface area contributed by atoms with E-state index >= 15 is 0 Å². The lowest BCUT2D eigenvalue weighted by Crippen LogP contribution is -2.59. The molecule has 2 aliphatic carbocycles. The molecular formula is C55H83Cl2N9O8. The minimum absolute atomic E-state index is 0. The van der Waals surface area contributed by atoms with Crippen LogP contribution in [0.2, 0.25) is 0 Å². The standard InChI is InChI=1S/C55H81N9O8.2ClH/c1-11-32(2)48(67)61-46(54(4,5)6)52(71)63-28-18-24-40(63)50(69)59-44-36-22-14-12-20-34(36)30-38(44)57-42(65)26-16-17-27-43(66)58-39-31-35-21-13-15-23-37(35)45(39)60-51(70)41-25-19-29-64(41)53(72)47(55(7,8)9)62-49(68)33(3)56-10;;/h12-15,20-23,32-33,38-41,44-47,56H,11,16-19,24-31H2,1-10H3,(H,57,65)(H,58,66)(H,59,69)(H,60,70)(H,61,67)(H,62,68);2*1H/t32-,33+,38+,39+,40+,41+,44+,45+,46-,47-;;/m1../s1. The minimum atomic E-state index is -0.846. The van der Waals surface area contributed by atoms with Crippen LogP contribution in [0.5, 0.6) is 0 Å². The van der Waals surface area contributed by atoms with E-state index in [1.807, 2.05) is 104 Å². The molecule has 7 N–H and O–H groups in total. The number of rotatable bonds is 19. The predicted molar refractivity (Wildman–Crippen MR) is 289 cm³/mol. The van der Waals surface area contributed by atoms with E-state index in [-0.39, 0.29) is 90.8 Å². The van der Waals surface area contributed by atoms with Gasteiger partial charge in [-0.15, -0.1) is 24.8 Å². The van der Waals surface area contributed by atoms with Crippen LogP contribution in [0, 0.1) is 16.7 Å². The molecule has 2 aliphatic heterocycles. The number of hydrogen-bond acceptors (Lipinski definition) is 9. The number of nitrogens with one attached hydrogen (secondary N) is 7. The number of halogens is 2. The Morgan fingerprint density at radius 1 is 0.595 bits per heavy atom. The number of unbranched alkanes of at least 4 members (excludes halogenated alkanes) is 1. The van der Waals surface area contributed by atoms with E-state index in [1.54, 1.807) is 23.8 Å². The maximum absolute atomic E-state index is 14.2. The molecule has 6 rings (SSSR count). The van der Waals surface area contributed by atoms with Gasteiger partial charge in [-0.3, -0.25) is 38.4 Å². The first-order valence-electron chi connectivity index (χ1n) is 26.3. The summed E-state index contributed by atoms with van der Waals surface area (Å²) in [6.45, 7) is 17.6. The average Bonchev–Trinajstić information content (AvgIpc) is 4.16. The van der Waals surface area contributed by atoms with Gasteiger partial charge in [0.2, 0.25) is 47.3 Å². The number of carbonyl (C=O) groups is 8. The zero-order valence-electron chi connectivity index (χ0n) is 45.1. The molecule has 10 atom stereocenters. The highest BCUT2D eigenvalue weighted by Crippen LogP contribution is 2.35. The molecule has 0 unspecified atom stereocenters. The van der Waals surface area contributed by atoms with E-state index in [0.717, 1.165) is 22.3 Å². The first kappa shape index (κ1) is 61.3. The van der Waals surface area contributed by atoms with Gasteiger partial charge in [0.05, 0.1) is 30.2 Å². The van der Waals surface area contributed by atoms with E-state index in [9.17, 15) is 38.4 Å². The fourth-order valence-corrected chi connectivity index (χ4v) is 10.5. The van der Waals surface area contributed by atoms with Crippen molar-refractivity contribution in [3.05, 3.63) is 70.8 Å². The predicted octanol–water partition coefficient (Wildman–Crippen LogP) is 4.89. The lowest BCUT2D eigenvalue weighted by molar-refractivity contribution is -0.144. The van der Waals surface area contributed by atoms with Crippen molar-refractivity contribution >= 4 is 72.1 Å². The SMILES string of the molecule is CC[C@@H](C)C(=O)N[C@H](C(=O)N1CCC[C@H]1C(=O)N[C@H]1c2ccccc2C[C@@H]1NC(=O)CCCCC(=O)N[C@H]1Cc2ccccc2[C@@H]1NC(=O)[C@@H]1CCCN1C(=O)[C@@H](NC(=O)[C@H](C)NC)C(C)(C)C)C(C)(C)C.Cl.Cl. The van der Waals surface area contributed by atoms with Crippen LogP contribution in [-0.4, -0.2) is 119 Å². The summed E-state index contributed by atoms with van der Waals surface area (Å²) in [5.74, 6) is -2.36. The highest BCUT2D eigenvalue weighted by Gasteiger charge is 2.46. The molecule has 0 spiro atoms. The number of likely N-dealkylation sites (N-methyl/N-ethyl adjacent to an activating group) is 1. The molecular weight excluding hydrogens is 986 g/mol. The maximum Gasteiger partial charge on any atom is 0.246 e. The summed E-state index contributed by atoms with van der Waals surface area (Å²) in [6.07, 6.45) is 5.11. The zero-order chi connectivity index (χ0) is 52.7. The maximum atomic E-state index is 14.2. The summed E-state index contributed by atoms with van der Waals surface area (Å²) in [5.41, 5.74) is 2.62. The van der Waals surface area contributed by atoms with Gasteiger partial charge >= 0.3 is 0 Å². The molecule has 2 aromatic carbocycles. The van der Waals surface area contributed by atoms with Gasteiger partial charge in [0, 0.05) is 31.8 Å². The monoisotopic (exact) mass is 1070 g/mol. The average molecular weight is 1070 g/mol. The quantitative estimate of drug-likeness (QED) is 0.0951. The van der Waals surface area contributed by atoms with Gasteiger partial charge in [0.25, 0.3) is 0 Å². The van der Waals surface area contributed by atoms with Gasteiger partial charge in [-0.05, 0) is 105 Å². The first-order valence-corrected chi connectivity index (χ1v) is 26.3. The Labute approximate surface area is 450 Å². The fourth-order valence-electron chi connectivity index (χ4n) is 10.5. The zero-order valence-corrected chi connectivity index (χ0v) is 46.7. The Hall–Kier alpha value is -5.26. The van der Waals surface area contributed by atoms with Crippen molar-refractivity contribution in [3.63, 3.8) is 0 Å². The highest BCUT2D eigenvalue weighted by atomic mass is 35.5. The third-order valence-electron chi connectivity index (χ3n) is 15.2. The topological polar surface area (TPSA) is 227 Å². The Balaban J connectivity index is 0.00000593. The Morgan fingerprint density at radius 3 is 1.36 bits per heavy atom. The third-order valence-corrected chi connectivity index (χ3v) is 15.2. The van der Waals surface area contributed by atoms with Crippen LogP contribution in [-0.2, 0) is 51.2 Å². The number of amides is 8. The van der Waals surface area contributed by atoms with Gasteiger partial charge in [0.1, 0.15) is 24.2 Å². The number of hydrogen-bond donors (Lipinski definition) is 7. The Bertz CT molecular complexity index is 2180. The summed E-state index contributed by atoms with van der Waals surface area (Å²) < 4.78 is 0. The minimum Gasteiger partial charge on any atom is -0.351 e. The van der Waals surface area contributed by atoms with Crippen LogP contribution < -0.4 is 37.2 Å². The second kappa shape index (κ2) is 26.5. The second-order valence-electron chi connectivity index (χ2n) is 22.6. The second-order valence-corrected chi connectivity index (χ2v) is 22.6. The summed E-state index contributed by atoms with van der Waals surface area (Å²) >= 11 is 0. The molecule has 0 saturated carbocycles. The molecule has 2 saturated heterocycles. The van der Waals surface area contributed by atoms with E-state index in [2.05, 4.69) is 37.2 Å². The van der Waals surface area contributed by atoms with E-state index in [0.29, 0.717) is 70.9 Å². The molecule has 4 aliphatic rings. The molecule has 0 radical (unpaired) electrons. The van der Waals surface area contributed by atoms with Crippen molar-refractivity contribution in [1.82, 2.24) is 47.0 Å². The molecule has 74 heavy (non-hydrogen) atoms. The van der Waals surface area contributed by atoms with Gasteiger partial charge in [0.15, 0.2) is 0 Å². The Kier molecular flexibility index (Phi) is 21.9. The smallest absolute Gasteiger partial charge is 0.246 e. The Morgan fingerprint density at radius 2 is 0.986 bits per heavy atom. The molecule has 410 valence electrons. The van der Waals surface area contributed by atoms with Crippen LogP contribution >= 0.6 is 24.8 Å². The van der Waals surface area contributed by atoms with E-state index < -0.39 is 65.2 Å². The molecule has 2 aromatic rings. The highest BCUT2D eigenvalue weighted by molar-refractivity contribution is 5.95. The molecule has 8 amide bonds. The van der Waals surface area contributed by atoms with E-state index in [1.165, 1.54) is 0 Å². The van der Waals surface area contributed by atoms with Crippen molar-refractivity contribution in [2.24, 2.45) is 16.7 Å². The van der Waals surface area contributed by atoms with Crippen LogP contribution in [0.4, 0.5) is 0 Å².